The summed E-state index contributed by atoms with van der Waals surface area (Å²) in [7, 11) is 1.55. The van der Waals surface area contributed by atoms with Crippen molar-refractivity contribution in [2.24, 2.45) is 5.92 Å². The highest BCUT2D eigenvalue weighted by molar-refractivity contribution is 6.09. The number of methoxy groups -OCH3 is 1. The van der Waals surface area contributed by atoms with Crippen LogP contribution in [-0.4, -0.2) is 47.0 Å². The molecular weight excluding hydrogens is 446 g/mol. The van der Waals surface area contributed by atoms with Crippen LogP contribution in [0.4, 0.5) is 5.69 Å². The maximum atomic E-state index is 13.1. The number of benzene rings is 2. The van der Waals surface area contributed by atoms with Crippen molar-refractivity contribution in [3.05, 3.63) is 78.4 Å². The molecule has 1 heterocycles. The Labute approximate surface area is 204 Å². The highest BCUT2D eigenvalue weighted by Crippen LogP contribution is 2.18. The van der Waals surface area contributed by atoms with Crippen LogP contribution in [0.15, 0.2) is 67.3 Å². The highest BCUT2D eigenvalue weighted by atomic mass is 16.5. The van der Waals surface area contributed by atoms with Gasteiger partial charge in [-0.1, -0.05) is 26.0 Å². The number of ether oxygens (including phenoxy) is 1. The van der Waals surface area contributed by atoms with Crippen molar-refractivity contribution in [2.75, 3.05) is 19.0 Å². The Kier molecular flexibility index (Phi) is 9.00. The summed E-state index contributed by atoms with van der Waals surface area (Å²) >= 11 is 0. The van der Waals surface area contributed by atoms with Crippen LogP contribution in [0.3, 0.4) is 0 Å². The van der Waals surface area contributed by atoms with Crippen LogP contribution in [0.2, 0.25) is 0 Å². The molecule has 0 aliphatic rings. The number of rotatable bonds is 11. The molecule has 0 fully saturated rings. The first-order valence-corrected chi connectivity index (χ1v) is 11.5. The van der Waals surface area contributed by atoms with Gasteiger partial charge in [0.2, 0.25) is 5.91 Å². The standard InChI is InChI=1S/C26H31N5O4/c1-18(2)23(26(34)28-13-6-15-31-16-14-27-17-31)30-25(33)21-7-4-5-8-22(21)29-24(32)19-9-11-20(35-3)12-10-19/h4-5,7-12,14,16-18,23H,6,13,15H2,1-3H3,(H,28,34)(H,29,32)(H,30,33). The molecule has 0 spiro atoms. The summed E-state index contributed by atoms with van der Waals surface area (Å²) in [4.78, 5) is 42.6. The molecule has 0 aliphatic carbocycles. The summed E-state index contributed by atoms with van der Waals surface area (Å²) in [5.41, 5.74) is 1.05. The van der Waals surface area contributed by atoms with Crippen molar-refractivity contribution >= 4 is 23.4 Å². The van der Waals surface area contributed by atoms with Crippen molar-refractivity contribution in [3.63, 3.8) is 0 Å². The van der Waals surface area contributed by atoms with Crippen molar-refractivity contribution in [3.8, 4) is 5.75 Å². The SMILES string of the molecule is COc1ccc(C(=O)Nc2ccccc2C(=O)NC(C(=O)NCCCn2ccnc2)C(C)C)cc1. The maximum absolute atomic E-state index is 13.1. The number of aromatic nitrogens is 2. The lowest BCUT2D eigenvalue weighted by Crippen LogP contribution is -2.50. The zero-order valence-electron chi connectivity index (χ0n) is 20.2. The summed E-state index contributed by atoms with van der Waals surface area (Å²) in [6.45, 7) is 4.95. The Morgan fingerprint density at radius 2 is 1.77 bits per heavy atom. The highest BCUT2D eigenvalue weighted by Gasteiger charge is 2.25. The summed E-state index contributed by atoms with van der Waals surface area (Å²) in [5, 5.41) is 8.50. The van der Waals surface area contributed by atoms with Gasteiger partial charge in [0, 0.05) is 31.0 Å². The Morgan fingerprint density at radius 3 is 2.43 bits per heavy atom. The summed E-state index contributed by atoms with van der Waals surface area (Å²) in [5.74, 6) is -0.541. The molecule has 3 rings (SSSR count). The third kappa shape index (κ3) is 7.17. The third-order valence-corrected chi connectivity index (χ3v) is 5.46. The Bertz CT molecular complexity index is 1130. The minimum absolute atomic E-state index is 0.131. The van der Waals surface area contributed by atoms with E-state index in [1.54, 1.807) is 68.2 Å². The fourth-order valence-corrected chi connectivity index (χ4v) is 3.48. The smallest absolute Gasteiger partial charge is 0.255 e. The molecule has 3 N–H and O–H groups in total. The number of amides is 3. The van der Waals surface area contributed by atoms with Gasteiger partial charge in [0.15, 0.2) is 0 Å². The monoisotopic (exact) mass is 477 g/mol. The first-order valence-electron chi connectivity index (χ1n) is 11.5. The van der Waals surface area contributed by atoms with E-state index in [0.717, 1.165) is 13.0 Å². The van der Waals surface area contributed by atoms with Gasteiger partial charge < -0.3 is 25.3 Å². The van der Waals surface area contributed by atoms with Gasteiger partial charge >= 0.3 is 0 Å². The first-order chi connectivity index (χ1) is 16.9. The van der Waals surface area contributed by atoms with Crippen LogP contribution in [0.25, 0.3) is 0 Å². The lowest BCUT2D eigenvalue weighted by Gasteiger charge is -2.22. The predicted octanol–water partition coefficient (Wildman–Crippen LogP) is 3.10. The largest absolute Gasteiger partial charge is 0.497 e. The molecule has 0 saturated carbocycles. The molecule has 35 heavy (non-hydrogen) atoms. The normalized spacial score (nSPS) is 11.5. The number of imidazole rings is 1. The van der Waals surface area contributed by atoms with Gasteiger partial charge in [-0.15, -0.1) is 0 Å². The lowest BCUT2D eigenvalue weighted by molar-refractivity contribution is -0.123. The van der Waals surface area contributed by atoms with E-state index in [2.05, 4.69) is 20.9 Å². The number of anilines is 1. The van der Waals surface area contributed by atoms with Gasteiger partial charge in [0.1, 0.15) is 11.8 Å². The van der Waals surface area contributed by atoms with E-state index in [1.165, 1.54) is 0 Å². The fourth-order valence-electron chi connectivity index (χ4n) is 3.48. The summed E-state index contributed by atoms with van der Waals surface area (Å²) in [6, 6.07) is 12.6. The average Bonchev–Trinajstić information content (AvgIpc) is 3.38. The second-order valence-corrected chi connectivity index (χ2v) is 8.37. The lowest BCUT2D eigenvalue weighted by atomic mass is 10.0. The second-order valence-electron chi connectivity index (χ2n) is 8.37. The number of hydrogen-bond donors (Lipinski definition) is 3. The van der Waals surface area contributed by atoms with E-state index >= 15 is 0 Å². The molecule has 1 unspecified atom stereocenters. The van der Waals surface area contributed by atoms with Gasteiger partial charge in [0.05, 0.1) is 24.7 Å². The van der Waals surface area contributed by atoms with Crippen molar-refractivity contribution < 1.29 is 19.1 Å². The molecule has 0 bridgehead atoms. The van der Waals surface area contributed by atoms with Crippen LogP contribution in [0.1, 0.15) is 41.0 Å². The molecule has 1 aromatic heterocycles. The number of hydrogen-bond acceptors (Lipinski definition) is 5. The van der Waals surface area contributed by atoms with Gasteiger partial charge in [-0.05, 0) is 48.7 Å². The third-order valence-electron chi connectivity index (χ3n) is 5.46. The van der Waals surface area contributed by atoms with Gasteiger partial charge in [-0.2, -0.15) is 0 Å². The molecule has 9 nitrogen and oxygen atoms in total. The van der Waals surface area contributed by atoms with Crippen LogP contribution in [0, 0.1) is 5.92 Å². The molecule has 3 amide bonds. The van der Waals surface area contributed by atoms with E-state index in [0.29, 0.717) is 23.5 Å². The van der Waals surface area contributed by atoms with Gasteiger partial charge in [-0.25, -0.2) is 4.98 Å². The molecule has 0 aliphatic heterocycles. The van der Waals surface area contributed by atoms with Crippen LogP contribution < -0.4 is 20.7 Å². The minimum atomic E-state index is -0.721. The molecule has 1 atom stereocenters. The second kappa shape index (κ2) is 12.4. The van der Waals surface area contributed by atoms with E-state index in [-0.39, 0.29) is 23.3 Å². The number of carbonyl (C=O) groups excluding carboxylic acids is 3. The molecule has 9 heteroatoms. The number of para-hydroxylation sites is 1. The van der Waals surface area contributed by atoms with E-state index in [9.17, 15) is 14.4 Å². The van der Waals surface area contributed by atoms with Crippen molar-refractivity contribution in [2.45, 2.75) is 32.9 Å². The molecule has 0 saturated heterocycles. The first kappa shape index (κ1) is 25.5. The summed E-state index contributed by atoms with van der Waals surface area (Å²) in [6.07, 6.45) is 6.04. The summed E-state index contributed by atoms with van der Waals surface area (Å²) < 4.78 is 7.06. The molecule has 0 radical (unpaired) electrons. The maximum Gasteiger partial charge on any atom is 0.255 e. The predicted molar refractivity (Wildman–Crippen MR) is 133 cm³/mol. The Morgan fingerprint density at radius 1 is 1.03 bits per heavy atom. The molecular formula is C26H31N5O4. The van der Waals surface area contributed by atoms with Gasteiger partial charge in [-0.3, -0.25) is 14.4 Å². The topological polar surface area (TPSA) is 114 Å². The number of nitrogens with zero attached hydrogens (tertiary/aromatic N) is 2. The van der Waals surface area contributed by atoms with Gasteiger partial charge in [0.25, 0.3) is 11.8 Å². The van der Waals surface area contributed by atoms with Crippen LogP contribution >= 0.6 is 0 Å². The van der Waals surface area contributed by atoms with Crippen molar-refractivity contribution in [1.82, 2.24) is 20.2 Å². The van der Waals surface area contributed by atoms with E-state index in [1.807, 2.05) is 24.6 Å². The Hall–Kier alpha value is -4.14. The Balaban J connectivity index is 1.62. The molecule has 184 valence electrons. The fraction of sp³-hybridized carbons (Fsp3) is 0.308. The quantitative estimate of drug-likeness (QED) is 0.367. The van der Waals surface area contributed by atoms with Crippen LogP contribution in [0.5, 0.6) is 5.75 Å². The molecule has 2 aromatic carbocycles. The van der Waals surface area contributed by atoms with Crippen molar-refractivity contribution in [1.29, 1.82) is 0 Å². The molecule has 3 aromatic rings. The average molecular weight is 478 g/mol. The minimum Gasteiger partial charge on any atom is -0.497 e. The zero-order chi connectivity index (χ0) is 25.2. The number of carbonyl (C=O) groups is 3. The van der Waals surface area contributed by atoms with E-state index < -0.39 is 11.9 Å². The van der Waals surface area contributed by atoms with E-state index in [4.69, 9.17) is 4.74 Å². The van der Waals surface area contributed by atoms with Crippen LogP contribution in [-0.2, 0) is 11.3 Å². The number of aryl methyl sites for hydroxylation is 1. The number of nitrogens with one attached hydrogen (secondary N) is 3. The zero-order valence-corrected chi connectivity index (χ0v) is 20.2.